The van der Waals surface area contributed by atoms with E-state index in [-0.39, 0.29) is 61.2 Å². The van der Waals surface area contributed by atoms with Gasteiger partial charge in [0.2, 0.25) is 0 Å². The first-order valence-corrected chi connectivity index (χ1v) is 6.44. The maximum Gasteiger partial charge on any atom is 2.00 e. The monoisotopic (exact) mass is 418 g/mol. The van der Waals surface area contributed by atoms with E-state index in [0.717, 1.165) is 6.08 Å². The molecule has 0 saturated carbocycles. The fourth-order valence-corrected chi connectivity index (χ4v) is 2.12. The number of hydrogen-bond donors (Lipinski definition) is 1. The third-order valence-electron chi connectivity index (χ3n) is 2.35. The van der Waals surface area contributed by atoms with E-state index in [9.17, 15) is 13.2 Å². The fraction of sp³-hybridized carbons (Fsp3) is 0.667. The Morgan fingerprint density at radius 2 is 2.11 bits per heavy atom. The Labute approximate surface area is 150 Å². The summed E-state index contributed by atoms with van der Waals surface area (Å²) in [4.78, 5) is 11.1. The van der Waals surface area contributed by atoms with Crippen molar-refractivity contribution >= 4 is 65.2 Å². The van der Waals surface area contributed by atoms with Gasteiger partial charge >= 0.3 is 65.2 Å². The third-order valence-corrected chi connectivity index (χ3v) is 2.76. The molecule has 0 aromatic heterocycles. The predicted octanol–water partition coefficient (Wildman–Crippen LogP) is -0.614. The first kappa shape index (κ1) is 17.5. The summed E-state index contributed by atoms with van der Waals surface area (Å²) in [6.45, 7) is 3.44. The van der Waals surface area contributed by atoms with Gasteiger partial charge in [-0.3, -0.25) is 4.55 Å². The van der Waals surface area contributed by atoms with Crippen LogP contribution in [0, 0.1) is 0 Å². The summed E-state index contributed by atoms with van der Waals surface area (Å²) >= 11 is 0. The normalized spacial score (nSPS) is 29.4. The molecule has 0 radical (unpaired) electrons. The third kappa shape index (κ3) is 4.72. The van der Waals surface area contributed by atoms with Crippen molar-refractivity contribution in [3.05, 3.63) is 11.8 Å². The predicted molar refractivity (Wildman–Crippen MR) is 61.3 cm³/mol. The van der Waals surface area contributed by atoms with Gasteiger partial charge in [-0.05, 0) is 13.8 Å². The molecular formula is C9H12BaO8S+2. The molecule has 1 N–H and O–H groups in total. The van der Waals surface area contributed by atoms with E-state index >= 15 is 0 Å². The average molecular weight is 418 g/mol. The summed E-state index contributed by atoms with van der Waals surface area (Å²) in [5.41, 5.74) is 0. The molecule has 2 aliphatic rings. The van der Waals surface area contributed by atoms with Crippen LogP contribution in [-0.2, 0) is 33.6 Å². The summed E-state index contributed by atoms with van der Waals surface area (Å²) in [5.74, 6) is -1.95. The molecule has 0 aromatic carbocycles. The van der Waals surface area contributed by atoms with Gasteiger partial charge < -0.3 is 18.4 Å². The van der Waals surface area contributed by atoms with Gasteiger partial charge in [0.05, 0.1) is 12.7 Å². The van der Waals surface area contributed by atoms with E-state index in [1.165, 1.54) is 0 Å². The molecular weight excluding hydrogens is 405 g/mol. The van der Waals surface area contributed by atoms with Gasteiger partial charge in [-0.15, -0.1) is 0 Å². The van der Waals surface area contributed by atoms with Gasteiger partial charge in [-0.25, -0.2) is 4.79 Å². The second kappa shape index (κ2) is 6.04. The van der Waals surface area contributed by atoms with Crippen LogP contribution < -0.4 is 0 Å². The minimum absolute atomic E-state index is 0. The Balaban J connectivity index is 0.00000180. The smallest absolute Gasteiger partial charge is 0.448 e. The van der Waals surface area contributed by atoms with Crippen molar-refractivity contribution in [2.45, 2.75) is 31.8 Å². The SMILES string of the molecule is CC1(C)OCC(C2OC(=O)C=C2OS(=O)(=O)O)O1.[Ba+2]. The largest absolute Gasteiger partial charge is 2.00 e. The van der Waals surface area contributed by atoms with Crippen LogP contribution in [0.25, 0.3) is 0 Å². The molecule has 19 heavy (non-hydrogen) atoms. The van der Waals surface area contributed by atoms with E-state index in [4.69, 9.17) is 18.8 Å². The molecule has 2 unspecified atom stereocenters. The standard InChI is InChI=1S/C9H12O8S.Ba/c1-9(2)14-4-6(16-9)8-5(3-7(10)15-8)17-18(11,12)13;/h3,6,8H,4H2,1-2H3,(H,11,12,13);/q;+2. The van der Waals surface area contributed by atoms with Gasteiger partial charge in [-0.1, -0.05) is 0 Å². The van der Waals surface area contributed by atoms with Gasteiger partial charge in [0.15, 0.2) is 17.7 Å². The van der Waals surface area contributed by atoms with Crippen molar-refractivity contribution in [1.29, 1.82) is 0 Å². The van der Waals surface area contributed by atoms with Crippen molar-refractivity contribution in [3.63, 3.8) is 0 Å². The van der Waals surface area contributed by atoms with Crippen LogP contribution in [0.3, 0.4) is 0 Å². The van der Waals surface area contributed by atoms with Crippen LogP contribution in [0.5, 0.6) is 0 Å². The van der Waals surface area contributed by atoms with Crippen LogP contribution in [-0.4, -0.2) is 92.4 Å². The molecule has 2 aliphatic heterocycles. The van der Waals surface area contributed by atoms with Gasteiger partial charge in [-0.2, -0.15) is 8.42 Å². The Kier molecular flexibility index (Phi) is 5.55. The first-order chi connectivity index (χ1) is 8.16. The van der Waals surface area contributed by atoms with Crippen molar-refractivity contribution in [2.75, 3.05) is 6.61 Å². The molecule has 10 heteroatoms. The van der Waals surface area contributed by atoms with E-state index in [1.54, 1.807) is 13.8 Å². The number of ether oxygens (including phenoxy) is 3. The molecule has 2 rings (SSSR count). The Hall–Kier alpha value is 0.411. The Morgan fingerprint density at radius 1 is 1.47 bits per heavy atom. The van der Waals surface area contributed by atoms with Crippen molar-refractivity contribution in [1.82, 2.24) is 0 Å². The maximum absolute atomic E-state index is 11.1. The van der Waals surface area contributed by atoms with Crippen LogP contribution >= 0.6 is 0 Å². The second-order valence-corrected chi connectivity index (χ2v) is 5.30. The van der Waals surface area contributed by atoms with Gasteiger partial charge in [0.1, 0.15) is 6.10 Å². The second-order valence-electron chi connectivity index (χ2n) is 4.28. The molecule has 0 aromatic rings. The number of cyclic esters (lactones) is 1. The average Bonchev–Trinajstić information content (AvgIpc) is 2.67. The summed E-state index contributed by atoms with van der Waals surface area (Å²) < 4.78 is 49.7. The molecule has 0 amide bonds. The zero-order chi connectivity index (χ0) is 13.6. The quantitative estimate of drug-likeness (QED) is 0.368. The number of carbonyl (C=O) groups is 1. The number of hydrogen-bond acceptors (Lipinski definition) is 7. The molecule has 102 valence electrons. The topological polar surface area (TPSA) is 108 Å². The first-order valence-electron chi connectivity index (χ1n) is 5.07. The molecule has 0 bridgehead atoms. The van der Waals surface area contributed by atoms with Crippen molar-refractivity contribution in [2.24, 2.45) is 0 Å². The molecule has 8 nitrogen and oxygen atoms in total. The molecule has 2 heterocycles. The fourth-order valence-electron chi connectivity index (χ4n) is 1.73. The maximum atomic E-state index is 11.1. The van der Waals surface area contributed by atoms with Gasteiger partial charge in [0.25, 0.3) is 0 Å². The van der Waals surface area contributed by atoms with Gasteiger partial charge in [0, 0.05) is 0 Å². The minimum Gasteiger partial charge on any atom is -0.448 e. The zero-order valence-electron chi connectivity index (χ0n) is 10.4. The van der Waals surface area contributed by atoms with E-state index < -0.39 is 34.4 Å². The summed E-state index contributed by atoms with van der Waals surface area (Å²) in [7, 11) is -4.72. The van der Waals surface area contributed by atoms with Crippen LogP contribution in [0.15, 0.2) is 11.8 Å². The molecule has 1 saturated heterocycles. The van der Waals surface area contributed by atoms with Crippen molar-refractivity contribution < 1.29 is 36.2 Å². The summed E-state index contributed by atoms with van der Waals surface area (Å²) in [5, 5.41) is 0. The summed E-state index contributed by atoms with van der Waals surface area (Å²) in [6.07, 6.45) is -0.909. The van der Waals surface area contributed by atoms with Crippen LogP contribution in [0.1, 0.15) is 13.8 Å². The van der Waals surface area contributed by atoms with E-state index in [1.807, 2.05) is 0 Å². The van der Waals surface area contributed by atoms with Crippen LogP contribution in [0.2, 0.25) is 0 Å². The van der Waals surface area contributed by atoms with E-state index in [0.29, 0.717) is 0 Å². The minimum atomic E-state index is -4.72. The summed E-state index contributed by atoms with van der Waals surface area (Å²) in [6, 6.07) is 0. The Bertz CT molecular complexity index is 496. The molecule has 1 fully saturated rings. The van der Waals surface area contributed by atoms with E-state index in [2.05, 4.69) is 4.18 Å². The molecule has 0 spiro atoms. The Morgan fingerprint density at radius 3 is 2.58 bits per heavy atom. The number of rotatable bonds is 3. The molecule has 2 atom stereocenters. The van der Waals surface area contributed by atoms with Crippen molar-refractivity contribution in [3.8, 4) is 0 Å². The zero-order valence-corrected chi connectivity index (χ0v) is 15.6. The number of esters is 1. The van der Waals surface area contributed by atoms with Crippen LogP contribution in [0.4, 0.5) is 0 Å². The number of carbonyl (C=O) groups excluding carboxylic acids is 1. The molecule has 0 aliphatic carbocycles.